The summed E-state index contributed by atoms with van der Waals surface area (Å²) in [6.07, 6.45) is 0.713. The highest BCUT2D eigenvalue weighted by Crippen LogP contribution is 2.25. The normalized spacial score (nSPS) is 16.8. The van der Waals surface area contributed by atoms with Crippen molar-refractivity contribution < 1.29 is 19.5 Å². The molecule has 0 bridgehead atoms. The van der Waals surface area contributed by atoms with Crippen LogP contribution in [-0.4, -0.2) is 38.6 Å². The average Bonchev–Trinajstić information content (AvgIpc) is 3.04. The number of carboxylic acid groups (broad SMARTS) is 1. The van der Waals surface area contributed by atoms with Crippen molar-refractivity contribution in [3.05, 3.63) is 65.5 Å². The lowest BCUT2D eigenvalue weighted by Gasteiger charge is -2.23. The maximum Gasteiger partial charge on any atom is 0.304 e. The molecule has 2 heterocycles. The van der Waals surface area contributed by atoms with Gasteiger partial charge < -0.3 is 10.1 Å². The number of imidazole rings is 1. The Morgan fingerprint density at radius 1 is 1.18 bits per heavy atom. The van der Waals surface area contributed by atoms with Crippen LogP contribution >= 0.6 is 0 Å². The van der Waals surface area contributed by atoms with Crippen molar-refractivity contribution in [2.24, 2.45) is 5.92 Å². The van der Waals surface area contributed by atoms with Gasteiger partial charge in [0.1, 0.15) is 5.82 Å². The Bertz CT molecular complexity index is 981. The molecule has 0 spiro atoms. The molecule has 0 radical (unpaired) electrons. The number of carbonyl (C=O) groups is 2. The van der Waals surface area contributed by atoms with Crippen molar-refractivity contribution >= 4 is 22.9 Å². The summed E-state index contributed by atoms with van der Waals surface area (Å²) in [5.74, 6) is -1.12. The van der Waals surface area contributed by atoms with E-state index < -0.39 is 11.9 Å². The zero-order valence-electron chi connectivity index (χ0n) is 15.3. The maximum absolute atomic E-state index is 12.8. The van der Waals surface area contributed by atoms with Gasteiger partial charge in [0.05, 0.1) is 36.5 Å². The third-order valence-electron chi connectivity index (χ3n) is 4.94. The quantitative estimate of drug-likeness (QED) is 0.687. The van der Waals surface area contributed by atoms with E-state index >= 15 is 0 Å². The van der Waals surface area contributed by atoms with E-state index in [1.165, 1.54) is 5.06 Å². The number of para-hydroxylation sites is 2. The van der Waals surface area contributed by atoms with Crippen molar-refractivity contribution in [2.45, 2.75) is 25.8 Å². The number of aromatic nitrogens is 2. The molecular formula is C21H21N3O4. The molecule has 0 saturated heterocycles. The minimum absolute atomic E-state index is 0.212. The second-order valence-electron chi connectivity index (χ2n) is 6.93. The van der Waals surface area contributed by atoms with E-state index in [0.717, 1.165) is 28.0 Å². The van der Waals surface area contributed by atoms with Crippen LogP contribution in [0.4, 0.5) is 0 Å². The number of hydrogen-bond donors (Lipinski definition) is 2. The number of aromatic amines is 1. The predicted molar refractivity (Wildman–Crippen MR) is 102 cm³/mol. The molecular weight excluding hydrogens is 358 g/mol. The lowest BCUT2D eigenvalue weighted by atomic mass is 9.94. The standard InChI is InChI=1S/C21H21N3O4/c25-20(26)12-16-11-14-5-1-2-6-15(14)13-24(21(16)27)28-10-9-19-22-17-7-3-4-8-18(17)23-19/h1-8,16H,9-13H2,(H,22,23)(H,25,26). The molecule has 7 heteroatoms. The first kappa shape index (κ1) is 18.2. The first-order valence-corrected chi connectivity index (χ1v) is 9.26. The van der Waals surface area contributed by atoms with Crippen molar-refractivity contribution in [3.63, 3.8) is 0 Å². The molecule has 1 amide bonds. The highest BCUT2D eigenvalue weighted by Gasteiger charge is 2.31. The molecule has 3 aromatic rings. The van der Waals surface area contributed by atoms with Crippen LogP contribution in [0.15, 0.2) is 48.5 Å². The highest BCUT2D eigenvalue weighted by atomic mass is 16.7. The Labute approximate surface area is 161 Å². The second kappa shape index (κ2) is 7.82. The highest BCUT2D eigenvalue weighted by molar-refractivity contribution is 5.83. The van der Waals surface area contributed by atoms with Gasteiger partial charge in [0.25, 0.3) is 0 Å². The van der Waals surface area contributed by atoms with E-state index in [-0.39, 0.29) is 18.9 Å². The van der Waals surface area contributed by atoms with Gasteiger partial charge in [-0.3, -0.25) is 14.4 Å². The number of hydrogen-bond acceptors (Lipinski definition) is 4. The Morgan fingerprint density at radius 3 is 2.71 bits per heavy atom. The van der Waals surface area contributed by atoms with Gasteiger partial charge in [0, 0.05) is 6.42 Å². The summed E-state index contributed by atoms with van der Waals surface area (Å²) >= 11 is 0. The molecule has 7 nitrogen and oxygen atoms in total. The number of nitrogens with zero attached hydrogens (tertiary/aromatic N) is 2. The van der Waals surface area contributed by atoms with Gasteiger partial charge in [0.15, 0.2) is 0 Å². The molecule has 4 rings (SSSR count). The summed E-state index contributed by atoms with van der Waals surface area (Å²) in [4.78, 5) is 37.6. The largest absolute Gasteiger partial charge is 0.481 e. The van der Waals surface area contributed by atoms with Crippen molar-refractivity contribution in [1.82, 2.24) is 15.0 Å². The van der Waals surface area contributed by atoms with Gasteiger partial charge in [0.2, 0.25) is 5.91 Å². The molecule has 144 valence electrons. The summed E-state index contributed by atoms with van der Waals surface area (Å²) in [6.45, 7) is 0.582. The van der Waals surface area contributed by atoms with Gasteiger partial charge in [-0.25, -0.2) is 10.0 Å². The third kappa shape index (κ3) is 3.89. The fourth-order valence-corrected chi connectivity index (χ4v) is 3.56. The number of nitrogens with one attached hydrogen (secondary N) is 1. The van der Waals surface area contributed by atoms with E-state index in [9.17, 15) is 14.7 Å². The van der Waals surface area contributed by atoms with Gasteiger partial charge in [-0.1, -0.05) is 36.4 Å². The number of benzene rings is 2. The van der Waals surface area contributed by atoms with Crippen LogP contribution in [0.25, 0.3) is 11.0 Å². The molecule has 1 atom stereocenters. The molecule has 0 aliphatic carbocycles. The number of fused-ring (bicyclic) bond motifs is 2. The molecule has 2 N–H and O–H groups in total. The number of rotatable bonds is 6. The molecule has 0 saturated carbocycles. The van der Waals surface area contributed by atoms with E-state index in [1.54, 1.807) is 0 Å². The first-order chi connectivity index (χ1) is 13.6. The minimum atomic E-state index is -0.986. The molecule has 1 aliphatic heterocycles. The van der Waals surface area contributed by atoms with Crippen LogP contribution in [0.5, 0.6) is 0 Å². The predicted octanol–water partition coefficient (Wildman–Crippen LogP) is 2.71. The van der Waals surface area contributed by atoms with Gasteiger partial charge >= 0.3 is 5.97 Å². The van der Waals surface area contributed by atoms with E-state index in [2.05, 4.69) is 9.97 Å². The van der Waals surface area contributed by atoms with Crippen LogP contribution < -0.4 is 0 Å². The number of amides is 1. The first-order valence-electron chi connectivity index (χ1n) is 9.26. The fourth-order valence-electron chi connectivity index (χ4n) is 3.56. The SMILES string of the molecule is O=C(O)CC1Cc2ccccc2CN(OCCc2nc3ccccc3[nH]2)C1=O. The van der Waals surface area contributed by atoms with E-state index in [4.69, 9.17) is 4.84 Å². The number of aliphatic carboxylic acids is 1. The van der Waals surface area contributed by atoms with E-state index in [0.29, 0.717) is 19.4 Å². The number of hydroxylamine groups is 2. The van der Waals surface area contributed by atoms with Crippen molar-refractivity contribution in [2.75, 3.05) is 6.61 Å². The molecule has 2 aromatic carbocycles. The lowest BCUT2D eigenvalue weighted by molar-refractivity contribution is -0.194. The van der Waals surface area contributed by atoms with E-state index in [1.807, 2.05) is 48.5 Å². The smallest absolute Gasteiger partial charge is 0.304 e. The zero-order chi connectivity index (χ0) is 19.5. The molecule has 0 fully saturated rings. The molecule has 1 aliphatic rings. The maximum atomic E-state index is 12.8. The number of H-pyrrole nitrogens is 1. The van der Waals surface area contributed by atoms with Gasteiger partial charge in [-0.15, -0.1) is 0 Å². The average molecular weight is 379 g/mol. The van der Waals surface area contributed by atoms with Gasteiger partial charge in [-0.2, -0.15) is 0 Å². The monoisotopic (exact) mass is 379 g/mol. The summed E-state index contributed by atoms with van der Waals surface area (Å²) in [7, 11) is 0. The lowest BCUT2D eigenvalue weighted by Crippen LogP contribution is -2.36. The molecule has 28 heavy (non-hydrogen) atoms. The van der Waals surface area contributed by atoms with Crippen LogP contribution in [0.3, 0.4) is 0 Å². The molecule has 1 aromatic heterocycles. The second-order valence-corrected chi connectivity index (χ2v) is 6.93. The van der Waals surface area contributed by atoms with Crippen LogP contribution in [-0.2, 0) is 33.8 Å². The van der Waals surface area contributed by atoms with Crippen molar-refractivity contribution in [3.8, 4) is 0 Å². The molecule has 1 unspecified atom stereocenters. The van der Waals surface area contributed by atoms with Gasteiger partial charge in [-0.05, 0) is 29.7 Å². The number of carbonyl (C=O) groups excluding carboxylic acids is 1. The summed E-state index contributed by atoms with van der Waals surface area (Å²) < 4.78 is 0. The zero-order valence-corrected chi connectivity index (χ0v) is 15.3. The number of carboxylic acids is 1. The Hall–Kier alpha value is -3.19. The van der Waals surface area contributed by atoms with Crippen LogP contribution in [0.2, 0.25) is 0 Å². The summed E-state index contributed by atoms with van der Waals surface area (Å²) in [5.41, 5.74) is 3.82. The Balaban J connectivity index is 1.47. The van der Waals surface area contributed by atoms with Crippen LogP contribution in [0.1, 0.15) is 23.4 Å². The third-order valence-corrected chi connectivity index (χ3v) is 4.94. The van der Waals surface area contributed by atoms with Crippen molar-refractivity contribution in [1.29, 1.82) is 0 Å². The summed E-state index contributed by atoms with van der Waals surface area (Å²) in [6, 6.07) is 15.5. The Kier molecular flexibility index (Phi) is 5.08. The fraction of sp³-hybridized carbons (Fsp3) is 0.286. The summed E-state index contributed by atoms with van der Waals surface area (Å²) in [5, 5.41) is 10.5. The van der Waals surface area contributed by atoms with Crippen LogP contribution in [0, 0.1) is 5.92 Å². The Morgan fingerprint density at radius 2 is 1.93 bits per heavy atom. The topological polar surface area (TPSA) is 95.5 Å². The minimum Gasteiger partial charge on any atom is -0.481 e.